The topological polar surface area (TPSA) is 92.8 Å². The Morgan fingerprint density at radius 1 is 1.11 bits per heavy atom. The number of aryl methyl sites for hydroxylation is 1. The van der Waals surface area contributed by atoms with E-state index in [-0.39, 0.29) is 5.91 Å². The predicted octanol–water partition coefficient (Wildman–Crippen LogP) is 2.83. The predicted molar refractivity (Wildman–Crippen MR) is 107 cm³/mol. The molecule has 1 aliphatic heterocycles. The van der Waals surface area contributed by atoms with Crippen LogP contribution in [0.25, 0.3) is 0 Å². The van der Waals surface area contributed by atoms with Crippen molar-refractivity contribution in [2.75, 3.05) is 29.0 Å². The molecule has 7 nitrogen and oxygen atoms in total. The van der Waals surface area contributed by atoms with Crippen molar-refractivity contribution in [1.82, 2.24) is 0 Å². The van der Waals surface area contributed by atoms with Gasteiger partial charge in [0.1, 0.15) is 0 Å². The summed E-state index contributed by atoms with van der Waals surface area (Å²) in [7, 11) is -3.34. The van der Waals surface area contributed by atoms with Crippen LogP contribution in [0.3, 0.4) is 0 Å². The Morgan fingerprint density at radius 2 is 1.79 bits per heavy atom. The van der Waals surface area contributed by atoms with Crippen LogP contribution in [0.4, 0.5) is 11.4 Å². The van der Waals surface area contributed by atoms with Crippen molar-refractivity contribution in [2.24, 2.45) is 0 Å². The summed E-state index contributed by atoms with van der Waals surface area (Å²) >= 11 is 0. The third kappa shape index (κ3) is 4.33. The quantitative estimate of drug-likeness (QED) is 0.777. The minimum Gasteiger partial charge on any atom is -0.462 e. The third-order valence-corrected chi connectivity index (χ3v) is 5.65. The highest BCUT2D eigenvalue weighted by molar-refractivity contribution is 7.92. The Kier molecular flexibility index (Phi) is 5.69. The molecule has 0 saturated carbocycles. The molecular formula is C20H22N2O5S. The van der Waals surface area contributed by atoms with Crippen molar-refractivity contribution >= 4 is 33.3 Å². The number of carbonyl (C=O) groups excluding carboxylic acids is 2. The van der Waals surface area contributed by atoms with Crippen LogP contribution >= 0.6 is 0 Å². The van der Waals surface area contributed by atoms with Crippen molar-refractivity contribution in [3.8, 4) is 0 Å². The van der Waals surface area contributed by atoms with Gasteiger partial charge in [0.05, 0.1) is 24.1 Å². The summed E-state index contributed by atoms with van der Waals surface area (Å²) in [6.45, 7) is 2.48. The molecule has 1 aliphatic rings. The molecule has 2 aromatic rings. The number of fused-ring (bicyclic) bond motifs is 1. The molecule has 1 heterocycles. The van der Waals surface area contributed by atoms with Crippen molar-refractivity contribution in [1.29, 1.82) is 0 Å². The highest BCUT2D eigenvalue weighted by Gasteiger charge is 2.24. The maximum absolute atomic E-state index is 12.6. The van der Waals surface area contributed by atoms with Crippen LogP contribution in [0.1, 0.15) is 39.6 Å². The number of amides is 1. The molecule has 0 atom stereocenters. The summed E-state index contributed by atoms with van der Waals surface area (Å²) in [5.74, 6) is -0.714. The van der Waals surface area contributed by atoms with E-state index in [4.69, 9.17) is 4.74 Å². The number of carbonyl (C=O) groups is 2. The van der Waals surface area contributed by atoms with Crippen LogP contribution in [0, 0.1) is 0 Å². The Morgan fingerprint density at radius 3 is 2.43 bits per heavy atom. The third-order valence-electron chi connectivity index (χ3n) is 4.47. The standard InChI is InChI=1S/C20H22N2O5S/c1-3-27-20(24)14-6-9-17(10-7-14)21-19(23)16-8-11-18-15(13-16)5-4-12-22(18)28(2,25)26/h6-11,13H,3-5,12H2,1-2H3,(H,21,23). The van der Waals surface area contributed by atoms with E-state index in [2.05, 4.69) is 5.32 Å². The number of nitrogens with zero attached hydrogens (tertiary/aromatic N) is 1. The lowest BCUT2D eigenvalue weighted by molar-refractivity contribution is 0.0526. The van der Waals surface area contributed by atoms with Crippen LogP contribution in [0.15, 0.2) is 42.5 Å². The second-order valence-electron chi connectivity index (χ2n) is 6.53. The first-order chi connectivity index (χ1) is 13.3. The molecule has 0 radical (unpaired) electrons. The van der Waals surface area contributed by atoms with Gasteiger partial charge in [-0.2, -0.15) is 0 Å². The summed E-state index contributed by atoms with van der Waals surface area (Å²) in [6, 6.07) is 11.5. The zero-order valence-corrected chi connectivity index (χ0v) is 16.6. The SMILES string of the molecule is CCOC(=O)c1ccc(NC(=O)c2ccc3c(c2)CCCN3S(C)(=O)=O)cc1. The Balaban J connectivity index is 1.76. The highest BCUT2D eigenvalue weighted by atomic mass is 32.2. The zero-order valence-electron chi connectivity index (χ0n) is 15.8. The number of benzene rings is 2. The van der Waals surface area contributed by atoms with E-state index >= 15 is 0 Å². The molecule has 0 spiro atoms. The van der Waals surface area contributed by atoms with Gasteiger partial charge in [0.15, 0.2) is 0 Å². The first-order valence-corrected chi connectivity index (χ1v) is 10.8. The molecule has 0 bridgehead atoms. The Labute approximate surface area is 164 Å². The second kappa shape index (κ2) is 8.02. The molecule has 0 fully saturated rings. The number of esters is 1. The fourth-order valence-corrected chi connectivity index (χ4v) is 4.15. The van der Waals surface area contributed by atoms with Gasteiger partial charge in [-0.25, -0.2) is 13.2 Å². The zero-order chi connectivity index (χ0) is 20.3. The van der Waals surface area contributed by atoms with Crippen LogP contribution in [-0.4, -0.2) is 39.7 Å². The maximum atomic E-state index is 12.6. The van der Waals surface area contributed by atoms with Gasteiger partial charge in [-0.3, -0.25) is 9.10 Å². The van der Waals surface area contributed by atoms with E-state index in [0.29, 0.717) is 42.1 Å². The monoisotopic (exact) mass is 402 g/mol. The van der Waals surface area contributed by atoms with Crippen molar-refractivity contribution in [2.45, 2.75) is 19.8 Å². The average Bonchev–Trinajstić information content (AvgIpc) is 2.67. The first kappa shape index (κ1) is 19.9. The lowest BCUT2D eigenvalue weighted by Gasteiger charge is -2.29. The lowest BCUT2D eigenvalue weighted by Crippen LogP contribution is -2.34. The van der Waals surface area contributed by atoms with E-state index in [1.807, 2.05) is 0 Å². The molecule has 1 amide bonds. The summed E-state index contributed by atoms with van der Waals surface area (Å²) in [4.78, 5) is 24.2. The van der Waals surface area contributed by atoms with E-state index in [1.165, 1.54) is 10.6 Å². The summed E-state index contributed by atoms with van der Waals surface area (Å²) in [5, 5.41) is 2.78. The largest absolute Gasteiger partial charge is 0.462 e. The van der Waals surface area contributed by atoms with Gasteiger partial charge in [0.2, 0.25) is 10.0 Å². The summed E-state index contributed by atoms with van der Waals surface area (Å²) < 4.78 is 30.2. The number of nitrogens with one attached hydrogen (secondary N) is 1. The van der Waals surface area contributed by atoms with Gasteiger partial charge < -0.3 is 10.1 Å². The van der Waals surface area contributed by atoms with Crippen LogP contribution in [0.5, 0.6) is 0 Å². The number of hydrogen-bond acceptors (Lipinski definition) is 5. The molecule has 0 aromatic heterocycles. The fraction of sp³-hybridized carbons (Fsp3) is 0.300. The lowest BCUT2D eigenvalue weighted by atomic mass is 10.0. The van der Waals surface area contributed by atoms with Gasteiger partial charge in [0, 0.05) is 17.8 Å². The first-order valence-electron chi connectivity index (χ1n) is 8.99. The molecule has 1 N–H and O–H groups in total. The number of sulfonamides is 1. The normalized spacial score (nSPS) is 13.6. The number of ether oxygens (including phenoxy) is 1. The van der Waals surface area contributed by atoms with Crippen LogP contribution < -0.4 is 9.62 Å². The average molecular weight is 402 g/mol. The second-order valence-corrected chi connectivity index (χ2v) is 8.44. The van der Waals surface area contributed by atoms with Gasteiger partial charge in [-0.05, 0) is 67.8 Å². The van der Waals surface area contributed by atoms with Crippen LogP contribution in [0.2, 0.25) is 0 Å². The fourth-order valence-electron chi connectivity index (χ4n) is 3.16. The molecule has 0 saturated heterocycles. The number of rotatable bonds is 5. The molecule has 0 aliphatic carbocycles. The summed E-state index contributed by atoms with van der Waals surface area (Å²) in [5.41, 5.74) is 2.87. The number of anilines is 2. The summed E-state index contributed by atoms with van der Waals surface area (Å²) in [6.07, 6.45) is 2.61. The minimum atomic E-state index is -3.34. The Bertz CT molecular complexity index is 1000. The van der Waals surface area contributed by atoms with Crippen molar-refractivity contribution in [3.63, 3.8) is 0 Å². The van der Waals surface area contributed by atoms with E-state index < -0.39 is 16.0 Å². The molecule has 148 valence electrons. The smallest absolute Gasteiger partial charge is 0.338 e. The Hall–Kier alpha value is -2.87. The van der Waals surface area contributed by atoms with Crippen molar-refractivity contribution in [3.05, 3.63) is 59.2 Å². The van der Waals surface area contributed by atoms with Gasteiger partial charge in [-0.1, -0.05) is 0 Å². The van der Waals surface area contributed by atoms with Gasteiger partial charge in [-0.15, -0.1) is 0 Å². The molecular weight excluding hydrogens is 380 g/mol. The highest BCUT2D eigenvalue weighted by Crippen LogP contribution is 2.30. The van der Waals surface area contributed by atoms with Crippen LogP contribution in [-0.2, 0) is 21.2 Å². The van der Waals surface area contributed by atoms with Gasteiger partial charge >= 0.3 is 5.97 Å². The van der Waals surface area contributed by atoms with Crippen molar-refractivity contribution < 1.29 is 22.7 Å². The van der Waals surface area contributed by atoms with E-state index in [0.717, 1.165) is 12.0 Å². The molecule has 0 unspecified atom stereocenters. The van der Waals surface area contributed by atoms with Gasteiger partial charge in [0.25, 0.3) is 5.91 Å². The minimum absolute atomic E-state index is 0.298. The molecule has 2 aromatic carbocycles. The molecule has 8 heteroatoms. The molecule has 28 heavy (non-hydrogen) atoms. The van der Waals surface area contributed by atoms with E-state index in [9.17, 15) is 18.0 Å². The number of hydrogen-bond donors (Lipinski definition) is 1. The maximum Gasteiger partial charge on any atom is 0.338 e. The molecule has 3 rings (SSSR count). The van der Waals surface area contributed by atoms with E-state index in [1.54, 1.807) is 49.4 Å².